The molecule has 0 heterocycles. The first kappa shape index (κ1) is 13.5. The van der Waals surface area contributed by atoms with Crippen LogP contribution in [0.1, 0.15) is 19.4 Å². The molecule has 0 aromatic heterocycles. The molecule has 1 aromatic carbocycles. The molecule has 17 heavy (non-hydrogen) atoms. The van der Waals surface area contributed by atoms with Gasteiger partial charge in [0.15, 0.2) is 0 Å². The van der Waals surface area contributed by atoms with Gasteiger partial charge in [-0.1, -0.05) is 13.0 Å². The summed E-state index contributed by atoms with van der Waals surface area (Å²) in [6, 6.07) is 4.54. The summed E-state index contributed by atoms with van der Waals surface area (Å²) in [7, 11) is 0. The molecule has 0 aliphatic rings. The van der Waals surface area contributed by atoms with Gasteiger partial charge in [0, 0.05) is 12.2 Å². The van der Waals surface area contributed by atoms with Crippen LogP contribution in [0.5, 0.6) is 0 Å². The molecule has 0 radical (unpaired) electrons. The lowest BCUT2D eigenvalue weighted by molar-refractivity contribution is -0.146. The lowest BCUT2D eigenvalue weighted by Gasteiger charge is -2.14. The van der Waals surface area contributed by atoms with Crippen molar-refractivity contribution in [2.24, 2.45) is 5.92 Å². The van der Waals surface area contributed by atoms with E-state index in [4.69, 9.17) is 4.74 Å². The van der Waals surface area contributed by atoms with E-state index in [0.717, 1.165) is 5.56 Å². The van der Waals surface area contributed by atoms with Gasteiger partial charge in [0.2, 0.25) is 0 Å². The van der Waals surface area contributed by atoms with E-state index in [1.54, 1.807) is 19.9 Å². The fourth-order valence-electron chi connectivity index (χ4n) is 1.42. The second-order valence-electron chi connectivity index (χ2n) is 3.99. The predicted molar refractivity (Wildman–Crippen MR) is 65.4 cm³/mol. The van der Waals surface area contributed by atoms with Gasteiger partial charge in [-0.15, -0.1) is 0 Å². The van der Waals surface area contributed by atoms with Crippen LogP contribution in [-0.4, -0.2) is 19.1 Å². The zero-order chi connectivity index (χ0) is 12.8. The molecule has 0 bridgehead atoms. The summed E-state index contributed by atoms with van der Waals surface area (Å²) in [5, 5.41) is 3.05. The van der Waals surface area contributed by atoms with Crippen LogP contribution in [0.4, 0.5) is 10.1 Å². The van der Waals surface area contributed by atoms with Crippen molar-refractivity contribution in [3.8, 4) is 0 Å². The van der Waals surface area contributed by atoms with Gasteiger partial charge in [-0.3, -0.25) is 4.79 Å². The van der Waals surface area contributed by atoms with Gasteiger partial charge in [-0.25, -0.2) is 4.39 Å². The Bertz CT molecular complexity index is 393. The third-order valence-electron chi connectivity index (χ3n) is 2.49. The van der Waals surface area contributed by atoms with Crippen molar-refractivity contribution < 1.29 is 13.9 Å². The first-order valence-corrected chi connectivity index (χ1v) is 5.71. The largest absolute Gasteiger partial charge is 0.466 e. The molecule has 1 rings (SSSR count). The molecule has 0 saturated carbocycles. The van der Waals surface area contributed by atoms with Gasteiger partial charge in [-0.2, -0.15) is 0 Å². The number of carbonyl (C=O) groups excluding carboxylic acids is 1. The minimum absolute atomic E-state index is 0.242. The van der Waals surface area contributed by atoms with Crippen LogP contribution in [0.25, 0.3) is 0 Å². The lowest BCUT2D eigenvalue weighted by Crippen LogP contribution is -2.22. The number of esters is 1. The number of benzene rings is 1. The second-order valence-corrected chi connectivity index (χ2v) is 3.99. The maximum atomic E-state index is 13.0. The summed E-state index contributed by atoms with van der Waals surface area (Å²) >= 11 is 0. The third kappa shape index (κ3) is 4.06. The van der Waals surface area contributed by atoms with Gasteiger partial charge in [-0.05, 0) is 31.5 Å². The zero-order valence-corrected chi connectivity index (χ0v) is 10.4. The summed E-state index contributed by atoms with van der Waals surface area (Å²) in [5.41, 5.74) is 1.66. The number of halogens is 1. The smallest absolute Gasteiger partial charge is 0.310 e. The number of ether oxygens (including phenoxy) is 1. The summed E-state index contributed by atoms with van der Waals surface area (Å²) < 4.78 is 17.9. The fraction of sp³-hybridized carbons (Fsp3) is 0.462. The average molecular weight is 239 g/mol. The van der Waals surface area contributed by atoms with E-state index in [-0.39, 0.29) is 17.7 Å². The molecule has 0 spiro atoms. The van der Waals surface area contributed by atoms with Crippen LogP contribution >= 0.6 is 0 Å². The normalized spacial score (nSPS) is 12.0. The number of hydrogen-bond acceptors (Lipinski definition) is 3. The number of anilines is 1. The van der Waals surface area contributed by atoms with E-state index in [1.807, 2.05) is 6.92 Å². The van der Waals surface area contributed by atoms with E-state index >= 15 is 0 Å². The van der Waals surface area contributed by atoms with Crippen LogP contribution in [0.3, 0.4) is 0 Å². The molecule has 0 fully saturated rings. The summed E-state index contributed by atoms with van der Waals surface area (Å²) in [5.74, 6) is -0.784. The zero-order valence-electron chi connectivity index (χ0n) is 10.4. The predicted octanol–water partition coefficient (Wildman–Crippen LogP) is 2.75. The Kier molecular flexibility index (Phi) is 4.94. The Labute approximate surface area is 101 Å². The highest BCUT2D eigenvalue weighted by atomic mass is 19.1. The number of aryl methyl sites for hydroxylation is 1. The van der Waals surface area contributed by atoms with Crippen molar-refractivity contribution in [3.63, 3.8) is 0 Å². The quantitative estimate of drug-likeness (QED) is 0.803. The summed E-state index contributed by atoms with van der Waals surface area (Å²) in [6.45, 7) is 6.25. The van der Waals surface area contributed by atoms with Crippen LogP contribution in [-0.2, 0) is 9.53 Å². The minimum Gasteiger partial charge on any atom is -0.466 e. The number of nitrogens with one attached hydrogen (secondary N) is 1. The van der Waals surface area contributed by atoms with E-state index in [2.05, 4.69) is 5.32 Å². The molecular formula is C13H18FNO2. The SMILES string of the molecule is CCOC(=O)C(C)CNc1cc(F)ccc1C. The Hall–Kier alpha value is -1.58. The van der Waals surface area contributed by atoms with Gasteiger partial charge in [0.05, 0.1) is 12.5 Å². The van der Waals surface area contributed by atoms with Crippen LogP contribution in [0, 0.1) is 18.7 Å². The second kappa shape index (κ2) is 6.23. The Morgan fingerprint density at radius 2 is 2.24 bits per heavy atom. The minimum atomic E-state index is -0.290. The number of carbonyl (C=O) groups is 1. The van der Waals surface area contributed by atoms with Gasteiger partial charge < -0.3 is 10.1 Å². The highest BCUT2D eigenvalue weighted by Gasteiger charge is 2.13. The molecule has 0 saturated heterocycles. The van der Waals surface area contributed by atoms with Crippen LogP contribution < -0.4 is 5.32 Å². The maximum absolute atomic E-state index is 13.0. The van der Waals surface area contributed by atoms with E-state index in [1.165, 1.54) is 12.1 Å². The highest BCUT2D eigenvalue weighted by molar-refractivity contribution is 5.72. The first-order chi connectivity index (χ1) is 8.04. The maximum Gasteiger partial charge on any atom is 0.310 e. The summed E-state index contributed by atoms with van der Waals surface area (Å²) in [6.07, 6.45) is 0. The number of rotatable bonds is 5. The average Bonchev–Trinajstić information content (AvgIpc) is 2.30. The standard InChI is InChI=1S/C13H18FNO2/c1-4-17-13(16)10(3)8-15-12-7-11(14)6-5-9(12)2/h5-7,10,15H,4,8H2,1-3H3. The topological polar surface area (TPSA) is 38.3 Å². The monoisotopic (exact) mass is 239 g/mol. The molecule has 0 aliphatic carbocycles. The van der Waals surface area contributed by atoms with Crippen molar-refractivity contribution >= 4 is 11.7 Å². The van der Waals surface area contributed by atoms with Crippen molar-refractivity contribution in [2.45, 2.75) is 20.8 Å². The van der Waals surface area contributed by atoms with Crippen molar-refractivity contribution in [1.29, 1.82) is 0 Å². The third-order valence-corrected chi connectivity index (χ3v) is 2.49. The highest BCUT2D eigenvalue weighted by Crippen LogP contribution is 2.16. The van der Waals surface area contributed by atoms with Gasteiger partial charge >= 0.3 is 5.97 Å². The molecule has 1 atom stereocenters. The molecule has 1 unspecified atom stereocenters. The fourth-order valence-corrected chi connectivity index (χ4v) is 1.42. The molecule has 0 aliphatic heterocycles. The van der Waals surface area contributed by atoms with Crippen molar-refractivity contribution in [2.75, 3.05) is 18.5 Å². The Morgan fingerprint density at radius 3 is 2.88 bits per heavy atom. The van der Waals surface area contributed by atoms with Gasteiger partial charge in [0.1, 0.15) is 5.82 Å². The molecule has 4 heteroatoms. The molecule has 3 nitrogen and oxygen atoms in total. The van der Waals surface area contributed by atoms with Crippen LogP contribution in [0.15, 0.2) is 18.2 Å². The van der Waals surface area contributed by atoms with E-state index in [0.29, 0.717) is 18.8 Å². The van der Waals surface area contributed by atoms with Crippen molar-refractivity contribution in [1.82, 2.24) is 0 Å². The van der Waals surface area contributed by atoms with Crippen LogP contribution in [0.2, 0.25) is 0 Å². The van der Waals surface area contributed by atoms with E-state index < -0.39 is 0 Å². The first-order valence-electron chi connectivity index (χ1n) is 5.71. The Morgan fingerprint density at radius 1 is 1.53 bits per heavy atom. The Balaban J connectivity index is 2.55. The molecule has 1 aromatic rings. The molecule has 0 amide bonds. The number of hydrogen-bond donors (Lipinski definition) is 1. The molecular weight excluding hydrogens is 221 g/mol. The summed E-state index contributed by atoms with van der Waals surface area (Å²) in [4.78, 5) is 11.4. The molecule has 1 N–H and O–H groups in total. The molecule has 94 valence electrons. The van der Waals surface area contributed by atoms with Gasteiger partial charge in [0.25, 0.3) is 0 Å². The lowest BCUT2D eigenvalue weighted by atomic mass is 10.1. The van der Waals surface area contributed by atoms with E-state index in [9.17, 15) is 9.18 Å². The van der Waals surface area contributed by atoms with Crippen molar-refractivity contribution in [3.05, 3.63) is 29.6 Å².